The van der Waals surface area contributed by atoms with Crippen LogP contribution in [0, 0.1) is 0 Å². The maximum Gasteiger partial charge on any atom is 0.408 e. The van der Waals surface area contributed by atoms with Crippen LogP contribution in [-0.4, -0.2) is 32.4 Å². The van der Waals surface area contributed by atoms with Crippen LogP contribution in [0.25, 0.3) is 10.9 Å². The van der Waals surface area contributed by atoms with Gasteiger partial charge in [-0.3, -0.25) is 0 Å². The van der Waals surface area contributed by atoms with Crippen molar-refractivity contribution >= 4 is 23.0 Å². The van der Waals surface area contributed by atoms with E-state index in [1.807, 2.05) is 18.2 Å². The molecule has 0 fully saturated rings. The average Bonchev–Trinajstić information content (AvgIpc) is 3.02. The summed E-state index contributed by atoms with van der Waals surface area (Å²) in [5.41, 5.74) is -0.410. The van der Waals surface area contributed by atoms with Crippen molar-refractivity contribution in [3.63, 3.8) is 0 Å². The minimum Gasteiger partial charge on any atom is -0.506 e. The van der Waals surface area contributed by atoms with Crippen LogP contribution in [0.2, 0.25) is 0 Å². The second-order valence-electron chi connectivity index (χ2n) is 6.33. The summed E-state index contributed by atoms with van der Waals surface area (Å²) in [7, 11) is 0. The highest BCUT2D eigenvalue weighted by Crippen LogP contribution is 2.28. The highest BCUT2D eigenvalue weighted by atomic mass is 16.5. The predicted molar refractivity (Wildman–Crippen MR) is 104 cm³/mol. The number of carbonyl (C=O) groups is 2. The summed E-state index contributed by atoms with van der Waals surface area (Å²) in [6.45, 7) is 3.42. The largest absolute Gasteiger partial charge is 0.506 e. The van der Waals surface area contributed by atoms with Crippen LogP contribution in [0.5, 0.6) is 5.75 Å². The van der Waals surface area contributed by atoms with Crippen molar-refractivity contribution in [2.45, 2.75) is 18.7 Å². The Labute approximate surface area is 161 Å². The zero-order chi connectivity index (χ0) is 20.1. The Morgan fingerprint density at radius 2 is 1.82 bits per heavy atom. The molecule has 0 saturated carbocycles. The first kappa shape index (κ1) is 19.0. The van der Waals surface area contributed by atoms with E-state index in [2.05, 4.69) is 11.9 Å². The van der Waals surface area contributed by atoms with Crippen molar-refractivity contribution < 1.29 is 24.5 Å². The summed E-state index contributed by atoms with van der Waals surface area (Å²) in [5, 5.41) is 22.8. The number of benzene rings is 2. The molecule has 0 spiro atoms. The Morgan fingerprint density at radius 1 is 1.14 bits per heavy atom. The maximum atomic E-state index is 12.3. The summed E-state index contributed by atoms with van der Waals surface area (Å²) in [6, 6.07) is 16.1. The molecule has 3 N–H and O–H groups in total. The lowest BCUT2D eigenvalue weighted by molar-refractivity contribution is -0.143. The summed E-state index contributed by atoms with van der Waals surface area (Å²) in [4.78, 5) is 24.2. The van der Waals surface area contributed by atoms with Gasteiger partial charge >= 0.3 is 12.1 Å². The molecule has 3 rings (SSSR count). The van der Waals surface area contributed by atoms with E-state index < -0.39 is 17.6 Å². The molecule has 0 bridgehead atoms. The number of rotatable bonds is 7. The molecule has 0 aliphatic carbocycles. The number of amides is 1. The van der Waals surface area contributed by atoms with E-state index in [9.17, 15) is 19.8 Å². The van der Waals surface area contributed by atoms with E-state index in [0.717, 1.165) is 11.6 Å². The molecule has 0 radical (unpaired) electrons. The van der Waals surface area contributed by atoms with Gasteiger partial charge in [0, 0.05) is 11.6 Å². The summed E-state index contributed by atoms with van der Waals surface area (Å²) >= 11 is 0. The van der Waals surface area contributed by atoms with Gasteiger partial charge < -0.3 is 24.8 Å². The molecule has 1 aromatic heterocycles. The molecule has 144 valence electrons. The molecule has 1 heterocycles. The first-order valence-corrected chi connectivity index (χ1v) is 8.58. The minimum atomic E-state index is -1.82. The number of aromatic nitrogens is 1. The predicted octanol–water partition coefficient (Wildman–Crippen LogP) is 3.28. The number of nitrogens with zero attached hydrogens (tertiary/aromatic N) is 1. The Hall–Kier alpha value is -3.74. The normalized spacial score (nSPS) is 12.9. The lowest BCUT2D eigenvalue weighted by Gasteiger charge is -2.27. The number of aromatic hydroxyl groups is 1. The van der Waals surface area contributed by atoms with Crippen LogP contribution in [-0.2, 0) is 22.7 Å². The second kappa shape index (κ2) is 7.87. The Bertz CT molecular complexity index is 1010. The number of carboxylic acid groups (broad SMARTS) is 1. The number of hydrogen-bond acceptors (Lipinski definition) is 4. The molecule has 3 aromatic rings. The molecule has 7 nitrogen and oxygen atoms in total. The second-order valence-corrected chi connectivity index (χ2v) is 6.33. The number of hydrogen-bond donors (Lipinski definition) is 3. The first-order chi connectivity index (χ1) is 13.4. The first-order valence-electron chi connectivity index (χ1n) is 8.58. The van der Waals surface area contributed by atoms with Gasteiger partial charge in [-0.05, 0) is 17.7 Å². The zero-order valence-electron chi connectivity index (χ0n) is 15.0. The number of para-hydroxylation sites is 1. The number of carboxylic acids is 1. The number of nitrogens with one attached hydrogen (secondary N) is 1. The van der Waals surface area contributed by atoms with Crippen LogP contribution in [0.15, 0.2) is 73.4 Å². The molecule has 1 amide bonds. The molecule has 1 atom stereocenters. The summed E-state index contributed by atoms with van der Waals surface area (Å²) in [6.07, 6.45) is 1.68. The third kappa shape index (κ3) is 3.83. The molecule has 28 heavy (non-hydrogen) atoms. The molecule has 7 heteroatoms. The number of alkyl carbamates (subject to hydrolysis) is 1. The van der Waals surface area contributed by atoms with Crippen LogP contribution < -0.4 is 5.32 Å². The van der Waals surface area contributed by atoms with Gasteiger partial charge in [0.1, 0.15) is 12.4 Å². The molecule has 0 aliphatic heterocycles. The van der Waals surface area contributed by atoms with E-state index >= 15 is 0 Å². The van der Waals surface area contributed by atoms with Crippen molar-refractivity contribution in [3.8, 4) is 5.75 Å². The molecular formula is C21H20N2O5. The third-order valence-corrected chi connectivity index (χ3v) is 4.46. The van der Waals surface area contributed by atoms with Crippen molar-refractivity contribution in [2.24, 2.45) is 0 Å². The minimum absolute atomic E-state index is 0.00670. The van der Waals surface area contributed by atoms with E-state index in [4.69, 9.17) is 4.74 Å². The number of aliphatic carboxylic acids is 1. The van der Waals surface area contributed by atoms with Crippen LogP contribution >= 0.6 is 0 Å². The van der Waals surface area contributed by atoms with Gasteiger partial charge in [-0.15, -0.1) is 6.58 Å². The fourth-order valence-corrected chi connectivity index (χ4v) is 2.93. The monoisotopic (exact) mass is 380 g/mol. The van der Waals surface area contributed by atoms with E-state index in [1.54, 1.807) is 41.0 Å². The number of ether oxygens (including phenoxy) is 1. The molecule has 2 aromatic carbocycles. The smallest absolute Gasteiger partial charge is 0.408 e. The fraction of sp³-hybridized carbons (Fsp3) is 0.143. The molecule has 1 unspecified atom stereocenters. The highest BCUT2D eigenvalue weighted by molar-refractivity contribution is 5.89. The standard InChI is InChI=1S/C21H20N2O5/c1-2-21(19(25)26,22-20(27)28-13-15-8-4-3-5-9-15)14-23-12-18(24)16-10-6-7-11-17(16)23/h2-12,24H,1,13-14H2,(H,22,27)(H,25,26). The quantitative estimate of drug-likeness (QED) is 0.546. The Morgan fingerprint density at radius 3 is 2.50 bits per heavy atom. The van der Waals surface area contributed by atoms with E-state index in [1.165, 1.54) is 6.20 Å². The van der Waals surface area contributed by atoms with Gasteiger partial charge in [-0.1, -0.05) is 48.5 Å². The van der Waals surface area contributed by atoms with Crippen molar-refractivity contribution in [3.05, 3.63) is 79.0 Å². The van der Waals surface area contributed by atoms with Crippen molar-refractivity contribution in [1.82, 2.24) is 9.88 Å². The third-order valence-electron chi connectivity index (χ3n) is 4.46. The summed E-state index contributed by atoms with van der Waals surface area (Å²) in [5.74, 6) is -1.28. The Balaban J connectivity index is 1.81. The van der Waals surface area contributed by atoms with Crippen LogP contribution in [0.3, 0.4) is 0 Å². The lowest BCUT2D eigenvalue weighted by atomic mass is 10.00. The maximum absolute atomic E-state index is 12.3. The molecule has 0 saturated heterocycles. The van der Waals surface area contributed by atoms with Gasteiger partial charge in [0.15, 0.2) is 5.54 Å². The van der Waals surface area contributed by atoms with E-state index in [0.29, 0.717) is 10.9 Å². The fourth-order valence-electron chi connectivity index (χ4n) is 2.93. The SMILES string of the molecule is C=CC(Cn1cc(O)c2ccccc21)(NC(=O)OCc1ccccc1)C(=O)O. The zero-order valence-corrected chi connectivity index (χ0v) is 15.0. The van der Waals surface area contributed by atoms with Crippen molar-refractivity contribution in [1.29, 1.82) is 0 Å². The molecular weight excluding hydrogens is 360 g/mol. The lowest BCUT2D eigenvalue weighted by Crippen LogP contribution is -2.55. The van der Waals surface area contributed by atoms with Crippen LogP contribution in [0.4, 0.5) is 4.79 Å². The van der Waals surface area contributed by atoms with E-state index in [-0.39, 0.29) is 18.9 Å². The van der Waals surface area contributed by atoms with Gasteiger partial charge in [0.05, 0.1) is 12.1 Å². The number of fused-ring (bicyclic) bond motifs is 1. The highest BCUT2D eigenvalue weighted by Gasteiger charge is 2.38. The topological polar surface area (TPSA) is 101 Å². The van der Waals surface area contributed by atoms with Gasteiger partial charge in [-0.25, -0.2) is 9.59 Å². The Kier molecular flexibility index (Phi) is 5.35. The van der Waals surface area contributed by atoms with Gasteiger partial charge in [0.25, 0.3) is 0 Å². The average molecular weight is 380 g/mol. The van der Waals surface area contributed by atoms with Gasteiger partial charge in [-0.2, -0.15) is 0 Å². The molecule has 0 aliphatic rings. The summed E-state index contributed by atoms with van der Waals surface area (Å²) < 4.78 is 6.70. The van der Waals surface area contributed by atoms with Crippen molar-refractivity contribution in [2.75, 3.05) is 0 Å². The number of carbonyl (C=O) groups excluding carboxylic acids is 1. The van der Waals surface area contributed by atoms with Crippen LogP contribution in [0.1, 0.15) is 5.56 Å². The van der Waals surface area contributed by atoms with Gasteiger partial charge in [0.2, 0.25) is 0 Å².